The predicted molar refractivity (Wildman–Crippen MR) is 57.0 cm³/mol. The normalized spacial score (nSPS) is 11.8. The van der Waals surface area contributed by atoms with Crippen molar-refractivity contribution in [2.45, 2.75) is 45.4 Å². The van der Waals surface area contributed by atoms with Gasteiger partial charge in [0.25, 0.3) is 0 Å². The zero-order chi connectivity index (χ0) is 9.07. The van der Waals surface area contributed by atoms with Gasteiger partial charge >= 0.3 is 0 Å². The molecule has 0 heterocycles. The van der Waals surface area contributed by atoms with E-state index in [4.69, 9.17) is 0 Å². The van der Waals surface area contributed by atoms with Gasteiger partial charge in [-0.3, -0.25) is 0 Å². The van der Waals surface area contributed by atoms with E-state index in [0.29, 0.717) is 0 Å². The van der Waals surface area contributed by atoms with E-state index in [9.17, 15) is 0 Å². The fraction of sp³-hybridized carbons (Fsp3) is 0.583. The summed E-state index contributed by atoms with van der Waals surface area (Å²) in [6.45, 7) is 5.97. The zero-order valence-electron chi connectivity index (χ0n) is 8.26. The molecule has 0 aromatic carbocycles. The molecule has 0 unspecified atom stereocenters. The van der Waals surface area contributed by atoms with Gasteiger partial charge in [0, 0.05) is 0 Å². The summed E-state index contributed by atoms with van der Waals surface area (Å²) in [5, 5.41) is 0. The molecule has 0 saturated carbocycles. The van der Waals surface area contributed by atoms with Crippen LogP contribution in [-0.2, 0) is 0 Å². The number of rotatable bonds is 7. The third-order valence-corrected chi connectivity index (χ3v) is 1.74. The second kappa shape index (κ2) is 10.5. The fourth-order valence-corrected chi connectivity index (χ4v) is 1.01. The second-order valence-electron chi connectivity index (χ2n) is 2.97. The Morgan fingerprint density at radius 2 is 1.75 bits per heavy atom. The van der Waals surface area contributed by atoms with Crippen LogP contribution in [0.25, 0.3) is 0 Å². The highest BCUT2D eigenvalue weighted by atomic mass is 13.9. The van der Waals surface area contributed by atoms with Crippen LogP contribution in [0.3, 0.4) is 0 Å². The second-order valence-corrected chi connectivity index (χ2v) is 2.97. The highest BCUT2D eigenvalue weighted by molar-refractivity contribution is 5.01. The SMILES string of the molecule is [CH2]CCCCC/C=C\C=C\CC. The third-order valence-electron chi connectivity index (χ3n) is 1.74. The predicted octanol–water partition coefficient (Wildman–Crippen LogP) is 4.29. The molecule has 0 N–H and O–H groups in total. The molecule has 12 heavy (non-hydrogen) atoms. The summed E-state index contributed by atoms with van der Waals surface area (Å²) in [7, 11) is 0. The summed E-state index contributed by atoms with van der Waals surface area (Å²) in [5.74, 6) is 0. The van der Waals surface area contributed by atoms with Crippen LogP contribution < -0.4 is 0 Å². The van der Waals surface area contributed by atoms with Crippen molar-refractivity contribution in [3.05, 3.63) is 31.2 Å². The molecule has 0 aliphatic carbocycles. The smallest absolute Gasteiger partial charge is 0.0348 e. The van der Waals surface area contributed by atoms with Crippen LogP contribution in [0.1, 0.15) is 45.4 Å². The van der Waals surface area contributed by atoms with E-state index in [0.717, 1.165) is 12.8 Å². The quantitative estimate of drug-likeness (QED) is 0.390. The van der Waals surface area contributed by atoms with Crippen LogP contribution in [0.15, 0.2) is 24.3 Å². The molecule has 0 heteroatoms. The van der Waals surface area contributed by atoms with E-state index >= 15 is 0 Å². The number of allylic oxidation sites excluding steroid dienone is 4. The standard InChI is InChI=1S/C12H21/c1-3-5-7-9-11-12-10-8-6-4-2/h6,8,10,12H,1,3-5,7,9,11H2,2H3/b8-6+,12-10-. The molecule has 0 amide bonds. The largest absolute Gasteiger partial charge is 0.0848 e. The summed E-state index contributed by atoms with van der Waals surface area (Å²) in [4.78, 5) is 0. The monoisotopic (exact) mass is 165 g/mol. The van der Waals surface area contributed by atoms with E-state index in [-0.39, 0.29) is 0 Å². The molecule has 69 valence electrons. The van der Waals surface area contributed by atoms with Crippen LogP contribution in [0.4, 0.5) is 0 Å². The zero-order valence-corrected chi connectivity index (χ0v) is 8.26. The molecule has 0 spiro atoms. The number of unbranched alkanes of at least 4 members (excludes halogenated alkanes) is 4. The van der Waals surface area contributed by atoms with E-state index < -0.39 is 0 Å². The van der Waals surface area contributed by atoms with E-state index in [2.05, 4.69) is 38.2 Å². The molecule has 0 atom stereocenters. The summed E-state index contributed by atoms with van der Waals surface area (Å²) in [6.07, 6.45) is 16.0. The van der Waals surface area contributed by atoms with Crippen LogP contribution in [0.5, 0.6) is 0 Å². The van der Waals surface area contributed by atoms with Crippen LogP contribution in [0.2, 0.25) is 0 Å². The van der Waals surface area contributed by atoms with Gasteiger partial charge in [-0.25, -0.2) is 0 Å². The minimum absolute atomic E-state index is 1.08. The van der Waals surface area contributed by atoms with Crippen LogP contribution in [-0.4, -0.2) is 0 Å². The lowest BCUT2D eigenvalue weighted by molar-refractivity contribution is 0.695. The topological polar surface area (TPSA) is 0 Å². The van der Waals surface area contributed by atoms with Crippen molar-refractivity contribution in [2.75, 3.05) is 0 Å². The van der Waals surface area contributed by atoms with Gasteiger partial charge in [0.2, 0.25) is 0 Å². The minimum Gasteiger partial charge on any atom is -0.0848 e. The molecule has 0 aromatic heterocycles. The van der Waals surface area contributed by atoms with Crippen molar-refractivity contribution in [3.8, 4) is 0 Å². The van der Waals surface area contributed by atoms with Gasteiger partial charge in [-0.2, -0.15) is 0 Å². The number of hydrogen-bond acceptors (Lipinski definition) is 0. The van der Waals surface area contributed by atoms with Gasteiger partial charge in [0.05, 0.1) is 0 Å². The summed E-state index contributed by atoms with van der Waals surface area (Å²) >= 11 is 0. The van der Waals surface area contributed by atoms with Gasteiger partial charge in [0.1, 0.15) is 0 Å². The number of hydrogen-bond donors (Lipinski definition) is 0. The van der Waals surface area contributed by atoms with Gasteiger partial charge in [-0.05, 0) is 19.3 Å². The van der Waals surface area contributed by atoms with Crippen LogP contribution in [0, 0.1) is 6.92 Å². The highest BCUT2D eigenvalue weighted by Gasteiger charge is 1.82. The maximum atomic E-state index is 3.81. The molecule has 0 aromatic rings. The van der Waals surface area contributed by atoms with Crippen molar-refractivity contribution in [1.82, 2.24) is 0 Å². The first-order valence-electron chi connectivity index (χ1n) is 5.02. The van der Waals surface area contributed by atoms with Gasteiger partial charge < -0.3 is 0 Å². The Kier molecular flexibility index (Phi) is 10.0. The summed E-state index contributed by atoms with van der Waals surface area (Å²) in [6, 6.07) is 0. The molecule has 0 saturated heterocycles. The van der Waals surface area contributed by atoms with Gasteiger partial charge in [0.15, 0.2) is 0 Å². The first-order chi connectivity index (χ1) is 5.91. The van der Waals surface area contributed by atoms with E-state index in [1.54, 1.807) is 0 Å². The minimum atomic E-state index is 1.08. The highest BCUT2D eigenvalue weighted by Crippen LogP contribution is 2.02. The van der Waals surface area contributed by atoms with Crippen molar-refractivity contribution >= 4 is 0 Å². The van der Waals surface area contributed by atoms with Crippen molar-refractivity contribution in [2.24, 2.45) is 0 Å². The van der Waals surface area contributed by atoms with Crippen molar-refractivity contribution in [3.63, 3.8) is 0 Å². The van der Waals surface area contributed by atoms with Crippen molar-refractivity contribution in [1.29, 1.82) is 0 Å². The Morgan fingerprint density at radius 1 is 1.00 bits per heavy atom. The molecule has 0 rings (SSSR count). The third kappa shape index (κ3) is 9.48. The van der Waals surface area contributed by atoms with Gasteiger partial charge in [-0.15, -0.1) is 0 Å². The maximum Gasteiger partial charge on any atom is -0.0348 e. The summed E-state index contributed by atoms with van der Waals surface area (Å²) < 4.78 is 0. The molecule has 0 nitrogen and oxygen atoms in total. The lowest BCUT2D eigenvalue weighted by Crippen LogP contribution is -1.73. The molecule has 0 aliphatic rings. The average Bonchev–Trinajstić information content (AvgIpc) is 2.10. The Labute approximate surface area is 77.4 Å². The lowest BCUT2D eigenvalue weighted by atomic mass is 10.1. The molecule has 1 radical (unpaired) electrons. The Morgan fingerprint density at radius 3 is 2.42 bits per heavy atom. The Bertz CT molecular complexity index is 120. The Hall–Kier alpha value is -0.520. The average molecular weight is 165 g/mol. The lowest BCUT2D eigenvalue weighted by Gasteiger charge is -1.92. The first kappa shape index (κ1) is 11.5. The molecule has 0 fully saturated rings. The molecule has 0 aliphatic heterocycles. The summed E-state index contributed by atoms with van der Waals surface area (Å²) in [5.41, 5.74) is 0. The first-order valence-corrected chi connectivity index (χ1v) is 5.02. The molecular weight excluding hydrogens is 144 g/mol. The van der Waals surface area contributed by atoms with Crippen LogP contribution >= 0.6 is 0 Å². The van der Waals surface area contributed by atoms with E-state index in [1.165, 1.54) is 25.7 Å². The van der Waals surface area contributed by atoms with Crippen molar-refractivity contribution < 1.29 is 0 Å². The molecular formula is C12H21. The Balaban J connectivity index is 3.07. The van der Waals surface area contributed by atoms with E-state index in [1.807, 2.05) is 0 Å². The fourth-order valence-electron chi connectivity index (χ4n) is 1.01. The molecule has 0 bridgehead atoms. The van der Waals surface area contributed by atoms with Gasteiger partial charge in [-0.1, -0.05) is 57.4 Å². The maximum absolute atomic E-state index is 3.81.